The Hall–Kier alpha value is -3.05. The first-order valence-corrected chi connectivity index (χ1v) is 11.7. The Morgan fingerprint density at radius 1 is 1.16 bits per heavy atom. The Morgan fingerprint density at radius 3 is 2.56 bits per heavy atom. The minimum Gasteiger partial charge on any atom is -0.368 e. The third kappa shape index (κ3) is 4.44. The van der Waals surface area contributed by atoms with Crippen LogP contribution in [0.5, 0.6) is 0 Å². The summed E-state index contributed by atoms with van der Waals surface area (Å²) in [6.45, 7) is 7.87. The Balaban J connectivity index is 1.63. The zero-order valence-corrected chi connectivity index (χ0v) is 19.6. The summed E-state index contributed by atoms with van der Waals surface area (Å²) in [4.78, 5) is 32.5. The number of hydrogen-bond acceptors (Lipinski definition) is 9. The summed E-state index contributed by atoms with van der Waals surface area (Å²) in [5.74, 6) is 0.775. The second-order valence-corrected chi connectivity index (χ2v) is 9.63. The summed E-state index contributed by atoms with van der Waals surface area (Å²) in [5, 5.41) is 4.28. The van der Waals surface area contributed by atoms with Crippen molar-refractivity contribution in [1.82, 2.24) is 24.5 Å². The van der Waals surface area contributed by atoms with Gasteiger partial charge in [0.05, 0.1) is 11.1 Å². The molecule has 0 fully saturated rings. The van der Waals surface area contributed by atoms with Crippen molar-refractivity contribution in [2.45, 2.75) is 44.6 Å². The highest BCUT2D eigenvalue weighted by Crippen LogP contribution is 2.30. The number of fused-ring (bicyclic) bond motifs is 1. The smallest absolute Gasteiger partial charge is 0.263 e. The largest absolute Gasteiger partial charge is 0.368 e. The Bertz CT molecular complexity index is 1350. The quantitative estimate of drug-likeness (QED) is 0.310. The van der Waals surface area contributed by atoms with E-state index in [4.69, 9.17) is 10.7 Å². The zero-order valence-electron chi connectivity index (χ0n) is 18.0. The number of thiophene rings is 1. The minimum atomic E-state index is -0.334. The fourth-order valence-electron chi connectivity index (χ4n) is 3.19. The maximum atomic E-state index is 13.2. The Morgan fingerprint density at radius 2 is 1.88 bits per heavy atom. The highest BCUT2D eigenvalue weighted by atomic mass is 32.2. The lowest BCUT2D eigenvalue weighted by Gasteiger charge is -2.15. The molecule has 8 nitrogen and oxygen atoms in total. The Kier molecular flexibility index (Phi) is 6.11. The zero-order chi connectivity index (χ0) is 23.0. The lowest BCUT2D eigenvalue weighted by atomic mass is 10.2. The summed E-state index contributed by atoms with van der Waals surface area (Å²) < 4.78 is 14.8. The highest BCUT2D eigenvalue weighted by molar-refractivity contribution is 7.98. The number of nitrogens with one attached hydrogen (secondary N) is 1. The Labute approximate surface area is 192 Å². The van der Waals surface area contributed by atoms with Crippen LogP contribution in [0, 0.1) is 19.7 Å². The number of aryl methyl sites for hydroxylation is 2. The van der Waals surface area contributed by atoms with Gasteiger partial charge in [0.15, 0.2) is 5.16 Å². The van der Waals surface area contributed by atoms with E-state index in [1.807, 2.05) is 27.7 Å². The van der Waals surface area contributed by atoms with Crippen LogP contribution in [0.15, 0.2) is 34.2 Å². The molecule has 4 aromatic rings. The molecule has 0 aliphatic heterocycles. The number of anilines is 3. The molecule has 0 aliphatic carbocycles. The third-order valence-corrected chi connectivity index (χ3v) is 6.90. The van der Waals surface area contributed by atoms with E-state index in [0.717, 1.165) is 15.3 Å². The maximum absolute atomic E-state index is 13.2. The van der Waals surface area contributed by atoms with Crippen molar-refractivity contribution in [2.24, 2.45) is 0 Å². The van der Waals surface area contributed by atoms with Gasteiger partial charge < -0.3 is 11.1 Å². The first-order valence-electron chi connectivity index (χ1n) is 9.91. The van der Waals surface area contributed by atoms with Gasteiger partial charge in [-0.1, -0.05) is 11.8 Å². The first-order chi connectivity index (χ1) is 15.2. The topological polar surface area (TPSA) is 112 Å². The van der Waals surface area contributed by atoms with Crippen LogP contribution in [-0.4, -0.2) is 24.5 Å². The van der Waals surface area contributed by atoms with Crippen LogP contribution < -0.4 is 16.6 Å². The third-order valence-electron chi connectivity index (χ3n) is 4.85. The number of thioether (sulfide) groups is 1. The van der Waals surface area contributed by atoms with E-state index in [9.17, 15) is 9.18 Å². The summed E-state index contributed by atoms with van der Waals surface area (Å²) in [5.41, 5.74) is 7.43. The van der Waals surface area contributed by atoms with Crippen molar-refractivity contribution in [3.8, 4) is 0 Å². The van der Waals surface area contributed by atoms with Crippen LogP contribution in [0.1, 0.15) is 36.2 Å². The molecular weight excluding hydrogens is 449 g/mol. The predicted octanol–water partition coefficient (Wildman–Crippen LogP) is 4.60. The number of hydrogen-bond donors (Lipinski definition) is 2. The molecule has 3 aromatic heterocycles. The number of benzene rings is 1. The summed E-state index contributed by atoms with van der Waals surface area (Å²) in [6, 6.07) is 5.78. The average molecular weight is 472 g/mol. The maximum Gasteiger partial charge on any atom is 0.263 e. The lowest BCUT2D eigenvalue weighted by molar-refractivity contribution is 0.519. The van der Waals surface area contributed by atoms with Crippen molar-refractivity contribution < 1.29 is 4.39 Å². The van der Waals surface area contributed by atoms with Gasteiger partial charge in [0.1, 0.15) is 16.5 Å². The van der Waals surface area contributed by atoms with Crippen LogP contribution in [-0.2, 0) is 5.75 Å². The lowest BCUT2D eigenvalue weighted by Crippen LogP contribution is -2.25. The van der Waals surface area contributed by atoms with E-state index < -0.39 is 0 Å². The van der Waals surface area contributed by atoms with Crippen LogP contribution in [0.3, 0.4) is 0 Å². The minimum absolute atomic E-state index is 0.0387. The van der Waals surface area contributed by atoms with E-state index in [2.05, 4.69) is 20.3 Å². The van der Waals surface area contributed by atoms with Gasteiger partial charge in [-0.25, -0.2) is 9.37 Å². The molecule has 0 saturated heterocycles. The molecule has 3 heterocycles. The van der Waals surface area contributed by atoms with Gasteiger partial charge in [0.25, 0.3) is 5.56 Å². The average Bonchev–Trinajstić information content (AvgIpc) is 3.01. The number of nitrogens with zero attached hydrogens (tertiary/aromatic N) is 5. The first kappa shape index (κ1) is 22.2. The van der Waals surface area contributed by atoms with Crippen molar-refractivity contribution in [1.29, 1.82) is 0 Å². The number of aromatic nitrogens is 5. The van der Waals surface area contributed by atoms with Gasteiger partial charge in [0.2, 0.25) is 11.9 Å². The van der Waals surface area contributed by atoms with E-state index in [1.165, 1.54) is 35.2 Å². The number of nitrogens with two attached hydrogens (primary N) is 1. The fourth-order valence-corrected chi connectivity index (χ4v) is 5.25. The molecule has 32 heavy (non-hydrogen) atoms. The summed E-state index contributed by atoms with van der Waals surface area (Å²) >= 11 is 2.89. The molecule has 0 aliphatic rings. The second-order valence-electron chi connectivity index (χ2n) is 7.48. The molecular formula is C21H22FN7OS2. The predicted molar refractivity (Wildman–Crippen MR) is 127 cm³/mol. The normalized spacial score (nSPS) is 11.4. The molecule has 11 heteroatoms. The monoisotopic (exact) mass is 471 g/mol. The molecule has 0 saturated carbocycles. The molecule has 0 amide bonds. The fraction of sp³-hybridized carbons (Fsp3) is 0.286. The molecule has 4 rings (SSSR count). The van der Waals surface area contributed by atoms with E-state index >= 15 is 0 Å². The number of halogens is 1. The van der Waals surface area contributed by atoms with E-state index in [1.54, 1.807) is 16.7 Å². The second kappa shape index (κ2) is 8.83. The van der Waals surface area contributed by atoms with Gasteiger partial charge in [-0.15, -0.1) is 11.3 Å². The van der Waals surface area contributed by atoms with Gasteiger partial charge >= 0.3 is 0 Å². The molecule has 0 unspecified atom stereocenters. The van der Waals surface area contributed by atoms with Crippen LogP contribution in [0.25, 0.3) is 10.2 Å². The van der Waals surface area contributed by atoms with Crippen molar-refractivity contribution in [3.05, 3.63) is 56.7 Å². The molecule has 0 atom stereocenters. The molecule has 3 N–H and O–H groups in total. The van der Waals surface area contributed by atoms with Gasteiger partial charge in [-0.3, -0.25) is 9.36 Å². The van der Waals surface area contributed by atoms with E-state index in [0.29, 0.717) is 27.8 Å². The molecule has 0 bridgehead atoms. The van der Waals surface area contributed by atoms with Crippen molar-refractivity contribution >= 4 is 50.9 Å². The van der Waals surface area contributed by atoms with E-state index in [-0.39, 0.29) is 29.3 Å². The summed E-state index contributed by atoms with van der Waals surface area (Å²) in [7, 11) is 0. The molecule has 1 aromatic carbocycles. The van der Waals surface area contributed by atoms with Gasteiger partial charge in [-0.05, 0) is 57.5 Å². The number of nitrogen functional groups attached to an aromatic ring is 1. The van der Waals surface area contributed by atoms with Gasteiger partial charge in [-0.2, -0.15) is 15.0 Å². The molecule has 0 spiro atoms. The van der Waals surface area contributed by atoms with Gasteiger partial charge in [0, 0.05) is 16.6 Å². The number of rotatable bonds is 6. The van der Waals surface area contributed by atoms with Crippen LogP contribution in [0.2, 0.25) is 0 Å². The van der Waals surface area contributed by atoms with Crippen molar-refractivity contribution in [3.63, 3.8) is 0 Å². The summed E-state index contributed by atoms with van der Waals surface area (Å²) in [6.07, 6.45) is 0. The molecule has 0 radical (unpaired) electrons. The highest BCUT2D eigenvalue weighted by Gasteiger charge is 2.19. The molecule has 166 valence electrons. The van der Waals surface area contributed by atoms with Crippen LogP contribution >= 0.6 is 23.1 Å². The van der Waals surface area contributed by atoms with Crippen LogP contribution in [0.4, 0.5) is 22.0 Å². The SMILES string of the molecule is Cc1sc2nc(SCc3nc(N)nc(Nc4ccc(F)cc4)n3)n(C(C)C)c(=O)c2c1C. The van der Waals surface area contributed by atoms with Crippen molar-refractivity contribution in [2.75, 3.05) is 11.1 Å². The standard InChI is InChI=1S/C21H22FN7OS2/c1-10(2)29-18(30)16-11(3)12(4)32-17(16)27-21(29)31-9-15-25-19(23)28-20(26-15)24-14-7-5-13(22)6-8-14/h5-8,10H,9H2,1-4H3,(H3,23,24,25,26,28).